The molecule has 0 atom stereocenters. The molecule has 8 heteroatoms. The Morgan fingerprint density at radius 3 is 2.27 bits per heavy atom. The van der Waals surface area contributed by atoms with Crippen LogP contribution in [0.25, 0.3) is 0 Å². The summed E-state index contributed by atoms with van der Waals surface area (Å²) >= 11 is 0. The number of amides is 2. The van der Waals surface area contributed by atoms with Crippen molar-refractivity contribution in [3.63, 3.8) is 0 Å². The van der Waals surface area contributed by atoms with Crippen molar-refractivity contribution in [3.8, 4) is 0 Å². The molecule has 196 valence electrons. The molecule has 1 aliphatic rings. The highest BCUT2D eigenvalue weighted by atomic mass is 19.1. The maximum atomic E-state index is 13.6. The van der Waals surface area contributed by atoms with Gasteiger partial charge in [0.2, 0.25) is 5.91 Å². The number of halogens is 1. The molecule has 37 heavy (non-hydrogen) atoms. The number of hydrogen-bond acceptors (Lipinski definition) is 5. The van der Waals surface area contributed by atoms with E-state index in [-0.39, 0.29) is 37.3 Å². The van der Waals surface area contributed by atoms with Gasteiger partial charge in [0.05, 0.1) is 26.0 Å². The molecule has 0 aliphatic carbocycles. The Morgan fingerprint density at radius 2 is 1.62 bits per heavy atom. The number of carbonyl (C=O) groups excluding carboxylic acids is 2. The molecule has 0 radical (unpaired) electrons. The number of rotatable bonds is 11. The summed E-state index contributed by atoms with van der Waals surface area (Å²) in [4.78, 5) is 32.7. The monoisotopic (exact) mass is 507 g/mol. The molecule has 0 unspecified atom stereocenters. The van der Waals surface area contributed by atoms with Crippen LogP contribution in [-0.2, 0) is 29.0 Å². The van der Waals surface area contributed by atoms with Crippen LogP contribution in [0.5, 0.6) is 0 Å². The predicted molar refractivity (Wildman–Crippen MR) is 138 cm³/mol. The highest BCUT2D eigenvalue weighted by Crippen LogP contribution is 2.14. The zero-order chi connectivity index (χ0) is 26.0. The van der Waals surface area contributed by atoms with Gasteiger partial charge in [0.25, 0.3) is 5.91 Å². The van der Waals surface area contributed by atoms with Crippen LogP contribution >= 0.6 is 0 Å². The Balaban J connectivity index is 1.52. The van der Waals surface area contributed by atoms with Crippen molar-refractivity contribution in [1.82, 2.24) is 14.7 Å². The number of morpholine rings is 1. The SMILES string of the molecule is CCc1ccc(C(=O)N(CCN2CCOCC2)CC(=O)N(Cc2ccc(F)cc2)Cc2ccco2)cc1. The summed E-state index contributed by atoms with van der Waals surface area (Å²) < 4.78 is 24.4. The Kier molecular flexibility index (Phi) is 9.46. The largest absolute Gasteiger partial charge is 0.467 e. The number of ether oxygens (including phenoxy) is 1. The topological polar surface area (TPSA) is 66.2 Å². The van der Waals surface area contributed by atoms with Crippen molar-refractivity contribution in [2.75, 3.05) is 45.9 Å². The van der Waals surface area contributed by atoms with Crippen molar-refractivity contribution >= 4 is 11.8 Å². The molecule has 1 aliphatic heterocycles. The predicted octanol–water partition coefficient (Wildman–Crippen LogP) is 3.98. The number of furan rings is 1. The van der Waals surface area contributed by atoms with E-state index < -0.39 is 0 Å². The molecule has 0 spiro atoms. The number of nitrogens with zero attached hydrogens (tertiary/aromatic N) is 3. The highest BCUT2D eigenvalue weighted by Gasteiger charge is 2.24. The summed E-state index contributed by atoms with van der Waals surface area (Å²) in [6.45, 7) is 6.54. The molecule has 1 fully saturated rings. The summed E-state index contributed by atoms with van der Waals surface area (Å²) in [6.07, 6.45) is 2.45. The summed E-state index contributed by atoms with van der Waals surface area (Å²) in [5, 5.41) is 0. The first-order chi connectivity index (χ1) is 18.0. The Hall–Kier alpha value is -3.49. The Labute approximate surface area is 217 Å². The molecule has 2 aromatic carbocycles. The lowest BCUT2D eigenvalue weighted by atomic mass is 10.1. The minimum Gasteiger partial charge on any atom is -0.467 e. The van der Waals surface area contributed by atoms with Gasteiger partial charge in [0.15, 0.2) is 0 Å². The van der Waals surface area contributed by atoms with Crippen molar-refractivity contribution in [3.05, 3.63) is 95.2 Å². The summed E-state index contributed by atoms with van der Waals surface area (Å²) in [6, 6.07) is 17.2. The first-order valence-electron chi connectivity index (χ1n) is 12.7. The number of hydrogen-bond donors (Lipinski definition) is 0. The average molecular weight is 508 g/mol. The molecule has 7 nitrogen and oxygen atoms in total. The lowest BCUT2D eigenvalue weighted by Gasteiger charge is -2.31. The van der Waals surface area contributed by atoms with Gasteiger partial charge in [0.1, 0.15) is 18.1 Å². The Bertz CT molecular complexity index is 1130. The van der Waals surface area contributed by atoms with E-state index in [9.17, 15) is 14.0 Å². The second-order valence-electron chi connectivity index (χ2n) is 9.19. The normalized spacial score (nSPS) is 13.9. The molecule has 4 rings (SSSR count). The fourth-order valence-electron chi connectivity index (χ4n) is 4.30. The third-order valence-corrected chi connectivity index (χ3v) is 6.58. The van der Waals surface area contributed by atoms with Gasteiger partial charge in [0, 0.05) is 38.3 Å². The van der Waals surface area contributed by atoms with E-state index in [1.165, 1.54) is 12.1 Å². The van der Waals surface area contributed by atoms with E-state index in [4.69, 9.17) is 9.15 Å². The van der Waals surface area contributed by atoms with Gasteiger partial charge in [-0.1, -0.05) is 31.2 Å². The molecule has 0 N–H and O–H groups in total. The van der Waals surface area contributed by atoms with E-state index >= 15 is 0 Å². The van der Waals surface area contributed by atoms with E-state index in [2.05, 4.69) is 11.8 Å². The van der Waals surface area contributed by atoms with Crippen LogP contribution in [0, 0.1) is 5.82 Å². The minimum atomic E-state index is -0.332. The fourth-order valence-corrected chi connectivity index (χ4v) is 4.30. The molecular weight excluding hydrogens is 473 g/mol. The summed E-state index contributed by atoms with van der Waals surface area (Å²) in [7, 11) is 0. The van der Waals surface area contributed by atoms with Crippen molar-refractivity contribution in [1.29, 1.82) is 0 Å². The molecule has 2 amide bonds. The fraction of sp³-hybridized carbons (Fsp3) is 0.379. The van der Waals surface area contributed by atoms with Gasteiger partial charge >= 0.3 is 0 Å². The summed E-state index contributed by atoms with van der Waals surface area (Å²) in [5.74, 6) is -0.0799. The van der Waals surface area contributed by atoms with Gasteiger partial charge in [-0.3, -0.25) is 14.5 Å². The van der Waals surface area contributed by atoms with Gasteiger partial charge in [-0.2, -0.15) is 0 Å². The molecule has 0 bridgehead atoms. The van der Waals surface area contributed by atoms with Crippen molar-refractivity contribution < 1.29 is 23.1 Å². The third kappa shape index (κ3) is 7.74. The molecule has 2 heterocycles. The van der Waals surface area contributed by atoms with Crippen LogP contribution in [0.2, 0.25) is 0 Å². The van der Waals surface area contributed by atoms with E-state index in [0.717, 1.165) is 30.6 Å². The second-order valence-corrected chi connectivity index (χ2v) is 9.19. The molecule has 0 saturated carbocycles. The van der Waals surface area contributed by atoms with Crippen LogP contribution in [0.1, 0.15) is 34.2 Å². The van der Waals surface area contributed by atoms with Crippen molar-refractivity contribution in [2.24, 2.45) is 0 Å². The van der Waals surface area contributed by atoms with Crippen LogP contribution < -0.4 is 0 Å². The lowest BCUT2D eigenvalue weighted by Crippen LogP contribution is -2.47. The minimum absolute atomic E-state index is 0.0688. The maximum absolute atomic E-state index is 13.6. The smallest absolute Gasteiger partial charge is 0.254 e. The molecular formula is C29H34FN3O4. The second kappa shape index (κ2) is 13.2. The molecule has 1 aromatic heterocycles. The molecule has 3 aromatic rings. The summed E-state index contributed by atoms with van der Waals surface area (Å²) in [5.41, 5.74) is 2.50. The van der Waals surface area contributed by atoms with Crippen LogP contribution in [-0.4, -0.2) is 72.5 Å². The third-order valence-electron chi connectivity index (χ3n) is 6.58. The Morgan fingerprint density at radius 1 is 0.919 bits per heavy atom. The van der Waals surface area contributed by atoms with E-state index in [1.54, 1.807) is 34.3 Å². The number of benzene rings is 2. The maximum Gasteiger partial charge on any atom is 0.254 e. The van der Waals surface area contributed by atoms with Crippen molar-refractivity contribution in [2.45, 2.75) is 26.4 Å². The lowest BCUT2D eigenvalue weighted by molar-refractivity contribution is -0.133. The quantitative estimate of drug-likeness (QED) is 0.393. The highest BCUT2D eigenvalue weighted by molar-refractivity contribution is 5.96. The van der Waals surface area contributed by atoms with Gasteiger partial charge in [-0.25, -0.2) is 4.39 Å². The molecule has 1 saturated heterocycles. The van der Waals surface area contributed by atoms with Gasteiger partial charge in [-0.15, -0.1) is 0 Å². The van der Waals surface area contributed by atoms with Gasteiger partial charge in [-0.05, 0) is 53.9 Å². The van der Waals surface area contributed by atoms with E-state index in [0.29, 0.717) is 37.6 Å². The zero-order valence-corrected chi connectivity index (χ0v) is 21.3. The standard InChI is InChI=1S/C29H34FN3O4/c1-2-23-5-9-25(10-6-23)29(35)32(14-13-31-15-18-36-19-16-31)22-28(34)33(21-27-4-3-17-37-27)20-24-7-11-26(30)12-8-24/h3-12,17H,2,13-16,18-22H2,1H3. The van der Waals surface area contributed by atoms with Crippen LogP contribution in [0.3, 0.4) is 0 Å². The number of aryl methyl sites for hydroxylation is 1. The average Bonchev–Trinajstić information content (AvgIpc) is 3.45. The first kappa shape index (κ1) is 26.6. The van der Waals surface area contributed by atoms with Crippen LogP contribution in [0.4, 0.5) is 4.39 Å². The number of carbonyl (C=O) groups is 2. The van der Waals surface area contributed by atoms with Gasteiger partial charge < -0.3 is 19.0 Å². The zero-order valence-electron chi connectivity index (χ0n) is 21.3. The van der Waals surface area contributed by atoms with E-state index in [1.807, 2.05) is 30.3 Å². The first-order valence-corrected chi connectivity index (χ1v) is 12.7. The van der Waals surface area contributed by atoms with Crippen LogP contribution in [0.15, 0.2) is 71.3 Å².